The van der Waals surface area contributed by atoms with Crippen molar-refractivity contribution >= 4 is 61.7 Å². The predicted molar refractivity (Wildman–Crippen MR) is 222 cm³/mol. The van der Waals surface area contributed by atoms with E-state index in [4.69, 9.17) is 20.1 Å². The lowest BCUT2D eigenvalue weighted by molar-refractivity contribution is 0.230. The van der Waals surface area contributed by atoms with Crippen LogP contribution in [-0.2, 0) is 0 Å². The molecule has 52 heavy (non-hydrogen) atoms. The number of aliphatic hydroxyl groups excluding tert-OH is 3. The number of thiazole rings is 1. The Morgan fingerprint density at radius 1 is 0.769 bits per heavy atom. The van der Waals surface area contributed by atoms with E-state index in [0.717, 1.165) is 98.5 Å². The number of rotatable bonds is 8. The quantitative estimate of drug-likeness (QED) is 0.133. The maximum absolute atomic E-state index is 9.91. The summed E-state index contributed by atoms with van der Waals surface area (Å²) < 4.78 is 2.26. The minimum Gasteiger partial charge on any atom is -0.396 e. The zero-order valence-electron chi connectivity index (χ0n) is 31.7. The van der Waals surface area contributed by atoms with Gasteiger partial charge in [0, 0.05) is 26.2 Å². The number of aromatic nitrogens is 5. The van der Waals surface area contributed by atoms with Crippen LogP contribution >= 0.6 is 33.9 Å². The fourth-order valence-corrected chi connectivity index (χ4v) is 8.70. The average Bonchev–Trinajstić information content (AvgIpc) is 3.95. The van der Waals surface area contributed by atoms with Gasteiger partial charge in [-0.25, -0.2) is 19.9 Å². The molecule has 0 bridgehead atoms. The lowest BCUT2D eigenvalue weighted by atomic mass is 9.97. The molecule has 0 amide bonds. The fraction of sp³-hybridized carbons (Fsp3) is 0.615. The highest BCUT2D eigenvalue weighted by molar-refractivity contribution is 14.1. The highest BCUT2D eigenvalue weighted by Gasteiger charge is 2.31. The van der Waals surface area contributed by atoms with E-state index in [1.165, 1.54) is 25.7 Å². The van der Waals surface area contributed by atoms with Gasteiger partial charge in [0.25, 0.3) is 0 Å². The number of halogens is 1. The van der Waals surface area contributed by atoms with Crippen LogP contribution in [0.4, 0.5) is 17.6 Å². The van der Waals surface area contributed by atoms with Gasteiger partial charge in [0.15, 0.2) is 0 Å². The first-order valence-electron chi connectivity index (χ1n) is 18.8. The SMILES string of the molecule is Cc1nc(C)c(I)c(N2CCC[C@H]2CO)n1.Cc1nc(NCC(C)(C)C)nc(N2CCC[C@H]2CO)c1-c1nc2ccccc2s1.OCC1CCCC1. The molecule has 4 N–H and O–H groups in total. The van der Waals surface area contributed by atoms with Gasteiger partial charge in [-0.2, -0.15) is 4.98 Å². The van der Waals surface area contributed by atoms with Crippen molar-refractivity contribution in [3.05, 3.63) is 45.0 Å². The van der Waals surface area contributed by atoms with Gasteiger partial charge in [-0.05, 0) is 105 Å². The largest absolute Gasteiger partial charge is 0.396 e. The van der Waals surface area contributed by atoms with Crippen LogP contribution < -0.4 is 15.1 Å². The second-order valence-electron chi connectivity index (χ2n) is 15.4. The van der Waals surface area contributed by atoms with E-state index in [9.17, 15) is 10.2 Å². The normalized spacial score (nSPS) is 19.1. The number of nitrogens with one attached hydrogen (secondary N) is 1. The third-order valence-electron chi connectivity index (χ3n) is 9.92. The van der Waals surface area contributed by atoms with Gasteiger partial charge in [0.2, 0.25) is 5.95 Å². The molecule has 3 aliphatic rings. The van der Waals surface area contributed by atoms with Crippen molar-refractivity contribution in [3.8, 4) is 10.6 Å². The van der Waals surface area contributed by atoms with Gasteiger partial charge < -0.3 is 30.4 Å². The summed E-state index contributed by atoms with van der Waals surface area (Å²) in [5.41, 5.74) is 4.03. The van der Waals surface area contributed by atoms with E-state index < -0.39 is 0 Å². The summed E-state index contributed by atoms with van der Waals surface area (Å²) in [5.74, 6) is 3.96. The summed E-state index contributed by atoms with van der Waals surface area (Å²) in [6, 6.07) is 8.50. The summed E-state index contributed by atoms with van der Waals surface area (Å²) in [7, 11) is 0. The number of aryl methyl sites for hydroxylation is 3. The highest BCUT2D eigenvalue weighted by atomic mass is 127. The van der Waals surface area contributed by atoms with Crippen molar-refractivity contribution < 1.29 is 15.3 Å². The standard InChI is InChI=1S/C22H29N5OS.C11H16IN3O.C6H12O/c1-14-18(20-25-16-9-5-6-10-17(16)29-20)19(27-11-7-8-15(27)12-28)26-21(24-14)23-13-22(2,3)4;1-7-10(12)11(14-8(2)13-7)15-5-3-4-9(15)6-16;7-5-6-3-1-2-4-6/h5-6,9-10,15,28H,7-8,11-13H2,1-4H3,(H,23,24,26);9,16H,3-6H2,1-2H3;6-7H,1-5H2/t15-;9-;/m00./s1. The molecular formula is C39H57IN8O3S. The summed E-state index contributed by atoms with van der Waals surface area (Å²) in [5, 5.41) is 32.1. The van der Waals surface area contributed by atoms with E-state index in [-0.39, 0.29) is 30.7 Å². The van der Waals surface area contributed by atoms with E-state index in [1.54, 1.807) is 11.3 Å². The molecule has 3 fully saturated rings. The Hall–Kier alpha value is -2.72. The fourth-order valence-electron chi connectivity index (χ4n) is 7.09. The van der Waals surface area contributed by atoms with Gasteiger partial charge in [-0.3, -0.25) is 0 Å². The predicted octanol–water partition coefficient (Wildman–Crippen LogP) is 7.31. The van der Waals surface area contributed by atoms with Crippen molar-refractivity contribution in [2.45, 2.75) is 105 Å². The van der Waals surface area contributed by atoms with Crippen LogP contribution in [0.2, 0.25) is 0 Å². The van der Waals surface area contributed by atoms with Crippen molar-refractivity contribution in [3.63, 3.8) is 0 Å². The maximum Gasteiger partial charge on any atom is 0.224 e. The maximum atomic E-state index is 9.91. The first kappa shape index (κ1) is 40.5. The lowest BCUT2D eigenvalue weighted by Gasteiger charge is -2.27. The van der Waals surface area contributed by atoms with Crippen LogP contribution in [0.5, 0.6) is 0 Å². The number of fused-ring (bicyclic) bond motifs is 1. The van der Waals surface area contributed by atoms with Crippen molar-refractivity contribution in [2.75, 3.05) is 54.6 Å². The molecule has 1 aliphatic carbocycles. The summed E-state index contributed by atoms with van der Waals surface area (Å²) >= 11 is 3.96. The first-order valence-corrected chi connectivity index (χ1v) is 20.7. The molecule has 2 aliphatic heterocycles. The van der Waals surface area contributed by atoms with Gasteiger partial charge in [-0.1, -0.05) is 45.7 Å². The van der Waals surface area contributed by atoms with Crippen LogP contribution in [0.3, 0.4) is 0 Å². The number of para-hydroxylation sites is 1. The molecule has 3 aromatic heterocycles. The number of hydrogen-bond donors (Lipinski definition) is 4. The highest BCUT2D eigenvalue weighted by Crippen LogP contribution is 2.40. The molecule has 1 saturated carbocycles. The molecule has 1 aromatic carbocycles. The number of hydrogen-bond acceptors (Lipinski definition) is 12. The zero-order valence-corrected chi connectivity index (χ0v) is 34.7. The van der Waals surface area contributed by atoms with Crippen molar-refractivity contribution in [1.82, 2.24) is 24.9 Å². The van der Waals surface area contributed by atoms with Crippen molar-refractivity contribution in [2.24, 2.45) is 11.3 Å². The smallest absolute Gasteiger partial charge is 0.224 e. The van der Waals surface area contributed by atoms with E-state index in [0.29, 0.717) is 18.5 Å². The molecule has 2 saturated heterocycles. The van der Waals surface area contributed by atoms with Gasteiger partial charge in [0.1, 0.15) is 22.5 Å². The Morgan fingerprint density at radius 3 is 1.98 bits per heavy atom. The Balaban J connectivity index is 0.000000188. The second-order valence-corrected chi connectivity index (χ2v) is 17.5. The zero-order chi connectivity index (χ0) is 37.4. The third-order valence-corrected chi connectivity index (χ3v) is 12.2. The molecule has 7 rings (SSSR count). The Morgan fingerprint density at radius 2 is 1.40 bits per heavy atom. The molecule has 4 aromatic rings. The van der Waals surface area contributed by atoms with Crippen LogP contribution in [0.25, 0.3) is 20.8 Å². The molecule has 284 valence electrons. The Bertz CT molecular complexity index is 1730. The molecule has 2 atom stereocenters. The number of benzene rings is 1. The molecule has 0 unspecified atom stereocenters. The molecule has 0 radical (unpaired) electrons. The van der Waals surface area contributed by atoms with E-state index in [1.807, 2.05) is 39.0 Å². The first-order chi connectivity index (χ1) is 24.9. The lowest BCUT2D eigenvalue weighted by Crippen LogP contribution is -2.33. The molecule has 11 nitrogen and oxygen atoms in total. The third kappa shape index (κ3) is 10.3. The average molecular weight is 845 g/mol. The molecule has 0 spiro atoms. The summed E-state index contributed by atoms with van der Waals surface area (Å²) in [6.45, 7) is 15.9. The van der Waals surface area contributed by atoms with E-state index in [2.05, 4.69) is 74.5 Å². The number of nitrogens with zero attached hydrogens (tertiary/aromatic N) is 7. The van der Waals surface area contributed by atoms with Gasteiger partial charge >= 0.3 is 0 Å². The summed E-state index contributed by atoms with van der Waals surface area (Å²) in [6.07, 6.45) is 9.41. The molecular weight excluding hydrogens is 787 g/mol. The van der Waals surface area contributed by atoms with Crippen LogP contribution in [0.15, 0.2) is 24.3 Å². The second kappa shape index (κ2) is 18.5. The Kier molecular flexibility index (Phi) is 14.4. The van der Waals surface area contributed by atoms with Gasteiger partial charge in [0.05, 0.1) is 56.0 Å². The minimum atomic E-state index is 0.0906. The number of anilines is 3. The van der Waals surface area contributed by atoms with Crippen LogP contribution in [0, 0.1) is 35.7 Å². The Labute approximate surface area is 326 Å². The monoisotopic (exact) mass is 844 g/mol. The summed E-state index contributed by atoms with van der Waals surface area (Å²) in [4.78, 5) is 27.9. The van der Waals surface area contributed by atoms with Crippen LogP contribution in [0.1, 0.15) is 89.4 Å². The topological polar surface area (TPSA) is 144 Å². The van der Waals surface area contributed by atoms with Crippen molar-refractivity contribution in [1.29, 1.82) is 0 Å². The molecule has 13 heteroatoms. The van der Waals surface area contributed by atoms with Gasteiger partial charge in [-0.15, -0.1) is 11.3 Å². The van der Waals surface area contributed by atoms with E-state index >= 15 is 0 Å². The molecule has 5 heterocycles. The minimum absolute atomic E-state index is 0.0906. The van der Waals surface area contributed by atoms with Crippen LogP contribution in [-0.4, -0.2) is 91.8 Å². The number of aliphatic hydroxyl groups is 3.